The number of para-hydroxylation sites is 2. The van der Waals surface area contributed by atoms with Gasteiger partial charge in [0.15, 0.2) is 5.11 Å². The molecule has 8 heteroatoms. The number of hydrogen-bond acceptors (Lipinski definition) is 4. The molecule has 2 N–H and O–H groups in total. The molecule has 0 saturated carbocycles. The van der Waals surface area contributed by atoms with Gasteiger partial charge in [0.1, 0.15) is 10.9 Å². The molecule has 2 aromatic carbocycles. The van der Waals surface area contributed by atoms with Gasteiger partial charge in [-0.25, -0.2) is 4.68 Å². The van der Waals surface area contributed by atoms with E-state index in [1.165, 1.54) is 0 Å². The normalized spacial score (nSPS) is 10.8. The summed E-state index contributed by atoms with van der Waals surface area (Å²) in [5.74, 6) is 0.691. The Balaban J connectivity index is 1.65. The summed E-state index contributed by atoms with van der Waals surface area (Å²) < 4.78 is 7.04. The van der Waals surface area contributed by atoms with Crippen molar-refractivity contribution >= 4 is 40.8 Å². The zero-order valence-electron chi connectivity index (χ0n) is 15.5. The molecule has 0 spiro atoms. The lowest BCUT2D eigenvalue weighted by Gasteiger charge is -2.10. The number of rotatable bonds is 6. The lowest BCUT2D eigenvalue weighted by Crippen LogP contribution is -2.24. The van der Waals surface area contributed by atoms with Crippen LogP contribution >= 0.6 is 23.8 Å². The molecule has 3 aromatic rings. The van der Waals surface area contributed by atoms with Crippen LogP contribution in [0.5, 0.6) is 5.75 Å². The van der Waals surface area contributed by atoms with Crippen LogP contribution in [0.25, 0.3) is 0 Å². The first kappa shape index (κ1) is 19.9. The number of nitrogens with zero attached hydrogens (tertiary/aromatic N) is 3. The maximum Gasteiger partial charge on any atom is 0.191 e. The molecule has 0 unspecified atom stereocenters. The number of anilines is 1. The van der Waals surface area contributed by atoms with Gasteiger partial charge in [0.25, 0.3) is 0 Å². The second-order valence-electron chi connectivity index (χ2n) is 5.96. The van der Waals surface area contributed by atoms with E-state index in [0.29, 0.717) is 22.6 Å². The van der Waals surface area contributed by atoms with Crippen LogP contribution in [-0.2, 0) is 6.54 Å². The molecule has 6 nitrogen and oxygen atoms in total. The Morgan fingerprint density at radius 1 is 1.21 bits per heavy atom. The van der Waals surface area contributed by atoms with E-state index in [-0.39, 0.29) is 0 Å². The van der Waals surface area contributed by atoms with Crippen molar-refractivity contribution in [2.24, 2.45) is 5.10 Å². The monoisotopic (exact) mass is 413 g/mol. The highest BCUT2D eigenvalue weighted by Gasteiger charge is 2.12. The van der Waals surface area contributed by atoms with Crippen molar-refractivity contribution in [2.75, 3.05) is 12.4 Å². The van der Waals surface area contributed by atoms with Crippen LogP contribution in [0.3, 0.4) is 0 Å². The van der Waals surface area contributed by atoms with E-state index < -0.39 is 0 Å². The molecule has 144 valence electrons. The fourth-order valence-corrected chi connectivity index (χ4v) is 3.07. The second-order valence-corrected chi connectivity index (χ2v) is 6.72. The number of methoxy groups -OCH3 is 1. The Morgan fingerprint density at radius 3 is 2.68 bits per heavy atom. The lowest BCUT2D eigenvalue weighted by atomic mass is 10.2. The number of hydrogen-bond donors (Lipinski definition) is 2. The van der Waals surface area contributed by atoms with Gasteiger partial charge in [-0.3, -0.25) is 5.43 Å². The van der Waals surface area contributed by atoms with Gasteiger partial charge >= 0.3 is 0 Å². The van der Waals surface area contributed by atoms with Crippen molar-refractivity contribution in [1.82, 2.24) is 15.2 Å². The van der Waals surface area contributed by atoms with Crippen LogP contribution in [0.4, 0.5) is 5.69 Å². The van der Waals surface area contributed by atoms with E-state index >= 15 is 0 Å². The Morgan fingerprint density at radius 2 is 1.93 bits per heavy atom. The molecule has 0 aliphatic carbocycles. The Kier molecular flexibility index (Phi) is 6.62. The largest absolute Gasteiger partial charge is 0.495 e. The van der Waals surface area contributed by atoms with Gasteiger partial charge in [0, 0.05) is 0 Å². The van der Waals surface area contributed by atoms with Crippen molar-refractivity contribution in [1.29, 1.82) is 0 Å². The van der Waals surface area contributed by atoms with Gasteiger partial charge in [-0.05, 0) is 36.8 Å². The standard InChI is InChI=1S/C20H20ClN5OS/c1-14-16(19(21)26(25-14)13-15-8-4-3-5-9-15)12-22-24-20(28)23-17-10-6-7-11-18(17)27-2/h3-12H,13H2,1-2H3,(H2,23,24,28)/b22-12+. The minimum atomic E-state index is 0.339. The minimum absolute atomic E-state index is 0.339. The van der Waals surface area contributed by atoms with Crippen molar-refractivity contribution in [3.8, 4) is 5.75 Å². The van der Waals surface area contributed by atoms with E-state index in [0.717, 1.165) is 22.5 Å². The van der Waals surface area contributed by atoms with Crippen LogP contribution in [-0.4, -0.2) is 28.2 Å². The van der Waals surface area contributed by atoms with Crippen LogP contribution in [0.1, 0.15) is 16.8 Å². The number of ether oxygens (including phenoxy) is 1. The van der Waals surface area contributed by atoms with E-state index in [2.05, 4.69) is 20.9 Å². The topological polar surface area (TPSA) is 63.5 Å². The fraction of sp³-hybridized carbons (Fsp3) is 0.150. The van der Waals surface area contributed by atoms with Crippen LogP contribution in [0, 0.1) is 6.92 Å². The summed E-state index contributed by atoms with van der Waals surface area (Å²) >= 11 is 11.8. The first-order valence-corrected chi connectivity index (χ1v) is 9.37. The van der Waals surface area contributed by atoms with E-state index in [9.17, 15) is 0 Å². The summed E-state index contributed by atoms with van der Waals surface area (Å²) in [6.07, 6.45) is 1.61. The molecular formula is C20H20ClN5OS. The van der Waals surface area contributed by atoms with Crippen molar-refractivity contribution in [3.05, 3.63) is 76.6 Å². The van der Waals surface area contributed by atoms with Crippen molar-refractivity contribution in [2.45, 2.75) is 13.5 Å². The summed E-state index contributed by atoms with van der Waals surface area (Å²) in [5, 5.41) is 12.6. The number of aryl methyl sites for hydroxylation is 1. The molecule has 0 radical (unpaired) electrons. The third-order valence-corrected chi connectivity index (χ3v) is 4.59. The predicted octanol–water partition coefficient (Wildman–Crippen LogP) is 4.22. The Bertz CT molecular complexity index is 988. The average Bonchev–Trinajstić information content (AvgIpc) is 2.96. The lowest BCUT2D eigenvalue weighted by molar-refractivity contribution is 0.417. The summed E-state index contributed by atoms with van der Waals surface area (Å²) in [5.41, 5.74) is 6.18. The van der Waals surface area contributed by atoms with E-state index in [1.807, 2.05) is 61.5 Å². The van der Waals surface area contributed by atoms with Crippen LogP contribution in [0.2, 0.25) is 5.15 Å². The maximum atomic E-state index is 6.48. The number of benzene rings is 2. The van der Waals surface area contributed by atoms with Crippen LogP contribution in [0.15, 0.2) is 59.7 Å². The summed E-state index contributed by atoms with van der Waals surface area (Å²) in [6.45, 7) is 2.48. The molecule has 0 aliphatic heterocycles. The highest BCUT2D eigenvalue weighted by molar-refractivity contribution is 7.80. The molecule has 0 amide bonds. The van der Waals surface area contributed by atoms with Crippen molar-refractivity contribution < 1.29 is 4.74 Å². The van der Waals surface area contributed by atoms with Gasteiger partial charge in [-0.2, -0.15) is 10.2 Å². The maximum absolute atomic E-state index is 6.48. The molecule has 0 aliphatic rings. The van der Waals surface area contributed by atoms with Crippen molar-refractivity contribution in [3.63, 3.8) is 0 Å². The highest BCUT2D eigenvalue weighted by Crippen LogP contribution is 2.23. The third-order valence-electron chi connectivity index (χ3n) is 4.00. The quantitative estimate of drug-likeness (QED) is 0.360. The smallest absolute Gasteiger partial charge is 0.191 e. The molecule has 0 bridgehead atoms. The zero-order chi connectivity index (χ0) is 19.9. The average molecular weight is 414 g/mol. The zero-order valence-corrected chi connectivity index (χ0v) is 17.1. The van der Waals surface area contributed by atoms with E-state index in [4.69, 9.17) is 28.6 Å². The van der Waals surface area contributed by atoms with Gasteiger partial charge < -0.3 is 10.1 Å². The third kappa shape index (κ3) is 4.88. The summed E-state index contributed by atoms with van der Waals surface area (Å²) in [7, 11) is 1.60. The molecule has 1 aromatic heterocycles. The second kappa shape index (κ2) is 9.34. The molecule has 0 fully saturated rings. The first-order chi connectivity index (χ1) is 13.6. The molecule has 0 saturated heterocycles. The minimum Gasteiger partial charge on any atom is -0.495 e. The van der Waals surface area contributed by atoms with Crippen LogP contribution < -0.4 is 15.5 Å². The van der Waals surface area contributed by atoms with Gasteiger partial charge in [0.05, 0.1) is 36.8 Å². The van der Waals surface area contributed by atoms with Gasteiger partial charge in [-0.15, -0.1) is 0 Å². The summed E-state index contributed by atoms with van der Waals surface area (Å²) in [6, 6.07) is 17.5. The number of halogens is 1. The molecule has 1 heterocycles. The number of thiocarbonyl (C=S) groups is 1. The van der Waals surface area contributed by atoms with Gasteiger partial charge in [0.2, 0.25) is 0 Å². The SMILES string of the molecule is COc1ccccc1NC(=S)N/N=C/c1c(C)nn(Cc2ccccc2)c1Cl. The highest BCUT2D eigenvalue weighted by atomic mass is 35.5. The molecule has 0 atom stereocenters. The van der Waals surface area contributed by atoms with E-state index in [1.54, 1.807) is 18.0 Å². The molecule has 28 heavy (non-hydrogen) atoms. The predicted molar refractivity (Wildman–Crippen MR) is 117 cm³/mol. The number of hydrazone groups is 1. The molecular weight excluding hydrogens is 394 g/mol. The fourth-order valence-electron chi connectivity index (χ4n) is 2.63. The first-order valence-electron chi connectivity index (χ1n) is 8.58. The number of aromatic nitrogens is 2. The Hall–Kier alpha value is -2.90. The summed E-state index contributed by atoms with van der Waals surface area (Å²) in [4.78, 5) is 0. The Labute approximate surface area is 174 Å². The molecule has 3 rings (SSSR count). The van der Waals surface area contributed by atoms with Gasteiger partial charge in [-0.1, -0.05) is 54.1 Å². The number of nitrogens with one attached hydrogen (secondary N) is 2.